The Bertz CT molecular complexity index is 1410. The molecule has 4 aromatic rings. The van der Waals surface area contributed by atoms with Gasteiger partial charge in [0.25, 0.3) is 5.69 Å². The normalized spacial score (nSPS) is 11.1. The van der Waals surface area contributed by atoms with Crippen LogP contribution < -0.4 is 0 Å². The zero-order chi connectivity index (χ0) is 24.9. The Morgan fingerprint density at radius 3 is 2.40 bits per heavy atom. The van der Waals surface area contributed by atoms with E-state index in [-0.39, 0.29) is 5.69 Å². The van der Waals surface area contributed by atoms with Crippen molar-refractivity contribution in [3.05, 3.63) is 116 Å². The quantitative estimate of drug-likeness (QED) is 0.156. The summed E-state index contributed by atoms with van der Waals surface area (Å²) in [6.45, 7) is 0.486. The molecule has 0 fully saturated rings. The van der Waals surface area contributed by atoms with Gasteiger partial charge >= 0.3 is 5.97 Å². The number of hydrogen-bond acceptors (Lipinski definition) is 5. The lowest BCUT2D eigenvalue weighted by molar-refractivity contribution is -0.384. The first kappa shape index (κ1) is 24.2. The second-order valence-electron chi connectivity index (χ2n) is 7.61. The maximum atomic E-state index is 11.7. The number of aromatic nitrogens is 2. The van der Waals surface area contributed by atoms with E-state index >= 15 is 0 Å². The summed E-state index contributed by atoms with van der Waals surface area (Å²) in [5, 5.41) is 11.9. The lowest BCUT2D eigenvalue weighted by Gasteiger charge is -2.07. The van der Waals surface area contributed by atoms with E-state index in [9.17, 15) is 14.9 Å². The van der Waals surface area contributed by atoms with Gasteiger partial charge in [-0.25, -0.2) is 9.78 Å². The summed E-state index contributed by atoms with van der Waals surface area (Å²) >= 11 is 12.5. The number of esters is 1. The Morgan fingerprint density at radius 2 is 1.77 bits per heavy atom. The number of nitrogens with zero attached hydrogens (tertiary/aromatic N) is 3. The zero-order valence-corrected chi connectivity index (χ0v) is 20.0. The monoisotopic (exact) mass is 507 g/mol. The topological polar surface area (TPSA) is 87.3 Å². The first-order valence-electron chi connectivity index (χ1n) is 10.5. The molecule has 1 aromatic heterocycles. The van der Waals surface area contributed by atoms with E-state index in [0.29, 0.717) is 33.7 Å². The summed E-state index contributed by atoms with van der Waals surface area (Å²) in [5.41, 5.74) is 3.64. The highest BCUT2D eigenvalue weighted by Crippen LogP contribution is 2.30. The molecule has 0 aliphatic rings. The number of nitro benzene ring substituents is 1. The van der Waals surface area contributed by atoms with Gasteiger partial charge in [-0.15, -0.1) is 0 Å². The van der Waals surface area contributed by atoms with Crippen LogP contribution in [0.4, 0.5) is 5.69 Å². The third kappa shape index (κ3) is 5.77. The van der Waals surface area contributed by atoms with Crippen LogP contribution in [0.1, 0.15) is 27.3 Å². The Morgan fingerprint density at radius 1 is 1.06 bits per heavy atom. The fourth-order valence-electron chi connectivity index (χ4n) is 3.46. The predicted molar refractivity (Wildman–Crippen MR) is 137 cm³/mol. The standard InChI is InChI=1S/C26H19Cl2N3O4/c1-35-26(32)19-7-2-18(3-8-19)15-30-16-24(22-12-9-20(27)14-23(22)28)29-25(30)13-6-17-4-10-21(11-5-17)31(33)34/h2-14,16H,15H2,1H3/b13-6+. The minimum Gasteiger partial charge on any atom is -0.465 e. The molecule has 176 valence electrons. The highest BCUT2D eigenvalue weighted by molar-refractivity contribution is 6.36. The fourth-order valence-corrected chi connectivity index (χ4v) is 3.96. The van der Waals surface area contributed by atoms with Gasteiger partial charge in [-0.05, 0) is 59.7 Å². The SMILES string of the molecule is COC(=O)c1ccc(Cn2cc(-c3ccc(Cl)cc3Cl)nc2/C=C/c2ccc([N+](=O)[O-])cc2)cc1. The highest BCUT2D eigenvalue weighted by atomic mass is 35.5. The molecule has 0 saturated heterocycles. The third-order valence-electron chi connectivity index (χ3n) is 5.27. The van der Waals surface area contributed by atoms with Crippen molar-refractivity contribution in [2.75, 3.05) is 7.11 Å². The van der Waals surface area contributed by atoms with Crippen molar-refractivity contribution in [3.63, 3.8) is 0 Å². The van der Waals surface area contributed by atoms with E-state index in [4.69, 9.17) is 32.9 Å². The summed E-state index contributed by atoms with van der Waals surface area (Å²) in [6.07, 6.45) is 5.55. The summed E-state index contributed by atoms with van der Waals surface area (Å²) in [5.74, 6) is 0.256. The maximum Gasteiger partial charge on any atom is 0.337 e. The van der Waals surface area contributed by atoms with Gasteiger partial charge in [-0.3, -0.25) is 10.1 Å². The van der Waals surface area contributed by atoms with E-state index < -0.39 is 10.9 Å². The van der Waals surface area contributed by atoms with E-state index in [2.05, 4.69) is 0 Å². The van der Waals surface area contributed by atoms with Gasteiger partial charge in [0.05, 0.1) is 28.3 Å². The molecule has 7 nitrogen and oxygen atoms in total. The van der Waals surface area contributed by atoms with Crippen LogP contribution in [0.5, 0.6) is 0 Å². The minimum absolute atomic E-state index is 0.0266. The van der Waals surface area contributed by atoms with Crippen molar-refractivity contribution in [1.82, 2.24) is 9.55 Å². The van der Waals surface area contributed by atoms with E-state index in [1.807, 2.05) is 41.1 Å². The lowest BCUT2D eigenvalue weighted by atomic mass is 10.1. The average Bonchev–Trinajstić information content (AvgIpc) is 3.25. The molecular weight excluding hydrogens is 489 g/mol. The molecule has 0 spiro atoms. The van der Waals surface area contributed by atoms with Crippen LogP contribution in [-0.2, 0) is 11.3 Å². The number of halogens is 2. The molecule has 9 heteroatoms. The second kappa shape index (κ2) is 10.5. The van der Waals surface area contributed by atoms with Gasteiger partial charge < -0.3 is 9.30 Å². The van der Waals surface area contributed by atoms with Crippen molar-refractivity contribution in [1.29, 1.82) is 0 Å². The summed E-state index contributed by atoms with van der Waals surface area (Å²) in [4.78, 5) is 26.9. The van der Waals surface area contributed by atoms with Crippen LogP contribution in [0.25, 0.3) is 23.4 Å². The second-order valence-corrected chi connectivity index (χ2v) is 8.45. The molecule has 0 radical (unpaired) electrons. The summed E-state index contributed by atoms with van der Waals surface area (Å²) in [7, 11) is 1.34. The molecule has 0 atom stereocenters. The molecule has 0 saturated carbocycles. The Kier molecular flexibility index (Phi) is 7.29. The molecule has 35 heavy (non-hydrogen) atoms. The Hall–Kier alpha value is -3.94. The van der Waals surface area contributed by atoms with Crippen LogP contribution in [-0.4, -0.2) is 27.6 Å². The first-order chi connectivity index (χ1) is 16.8. The smallest absolute Gasteiger partial charge is 0.337 e. The van der Waals surface area contributed by atoms with E-state index in [1.165, 1.54) is 19.2 Å². The number of carbonyl (C=O) groups is 1. The van der Waals surface area contributed by atoms with Crippen molar-refractivity contribution in [2.45, 2.75) is 6.54 Å². The number of methoxy groups -OCH3 is 1. The number of nitro groups is 1. The Labute approximate surface area is 211 Å². The molecule has 0 aliphatic carbocycles. The molecule has 0 N–H and O–H groups in total. The number of rotatable bonds is 7. The number of imidazole rings is 1. The largest absolute Gasteiger partial charge is 0.465 e. The van der Waals surface area contributed by atoms with Gasteiger partial charge in [0.15, 0.2) is 0 Å². The molecule has 4 rings (SSSR count). The van der Waals surface area contributed by atoms with Crippen molar-refractivity contribution in [2.24, 2.45) is 0 Å². The van der Waals surface area contributed by atoms with E-state index in [1.54, 1.807) is 36.4 Å². The van der Waals surface area contributed by atoms with Crippen LogP contribution in [0, 0.1) is 10.1 Å². The molecule has 0 aliphatic heterocycles. The molecular formula is C26H19Cl2N3O4. The zero-order valence-electron chi connectivity index (χ0n) is 18.5. The molecule has 1 heterocycles. The predicted octanol–water partition coefficient (Wildman–Crippen LogP) is 6.77. The number of carbonyl (C=O) groups excluding carboxylic acids is 1. The fraction of sp³-hybridized carbons (Fsp3) is 0.0769. The Balaban J connectivity index is 1.68. The van der Waals surface area contributed by atoms with Gasteiger partial charge in [0.1, 0.15) is 5.82 Å². The first-order valence-corrected chi connectivity index (χ1v) is 11.2. The van der Waals surface area contributed by atoms with Crippen LogP contribution in [0.2, 0.25) is 10.0 Å². The summed E-state index contributed by atoms with van der Waals surface area (Å²) < 4.78 is 6.71. The number of hydrogen-bond donors (Lipinski definition) is 0. The highest BCUT2D eigenvalue weighted by Gasteiger charge is 2.13. The van der Waals surface area contributed by atoms with Gasteiger partial charge in [-0.2, -0.15) is 0 Å². The van der Waals surface area contributed by atoms with Gasteiger partial charge in [-0.1, -0.05) is 41.4 Å². The van der Waals surface area contributed by atoms with Crippen LogP contribution in [0.15, 0.2) is 72.9 Å². The van der Waals surface area contributed by atoms with Crippen molar-refractivity contribution in [3.8, 4) is 11.3 Å². The number of ether oxygens (including phenoxy) is 1. The lowest BCUT2D eigenvalue weighted by Crippen LogP contribution is -2.03. The molecule has 0 unspecified atom stereocenters. The van der Waals surface area contributed by atoms with Crippen molar-refractivity contribution < 1.29 is 14.5 Å². The van der Waals surface area contributed by atoms with Gasteiger partial charge in [0.2, 0.25) is 0 Å². The molecule has 0 amide bonds. The van der Waals surface area contributed by atoms with Crippen molar-refractivity contribution >= 4 is 47.0 Å². The van der Waals surface area contributed by atoms with Crippen LogP contribution >= 0.6 is 23.2 Å². The average molecular weight is 508 g/mol. The van der Waals surface area contributed by atoms with E-state index in [0.717, 1.165) is 16.7 Å². The number of non-ortho nitro benzene ring substituents is 1. The number of benzene rings is 3. The van der Waals surface area contributed by atoms with Gasteiger partial charge in [0, 0.05) is 35.5 Å². The molecule has 3 aromatic carbocycles. The third-order valence-corrected chi connectivity index (χ3v) is 5.82. The molecule has 0 bridgehead atoms. The van der Waals surface area contributed by atoms with Crippen LogP contribution in [0.3, 0.4) is 0 Å². The maximum absolute atomic E-state index is 11.7. The summed E-state index contributed by atoms with van der Waals surface area (Å²) in [6, 6.07) is 18.6. The minimum atomic E-state index is -0.437.